The molecule has 47 heavy (non-hydrogen) atoms. The van der Waals surface area contributed by atoms with E-state index in [1.807, 2.05) is 20.2 Å². The number of hydrogen-bond donors (Lipinski definition) is 2. The third kappa shape index (κ3) is 7.56. The first-order chi connectivity index (χ1) is 22.4. The number of nitrogens with zero attached hydrogens (tertiary/aromatic N) is 9. The van der Waals surface area contributed by atoms with Crippen LogP contribution in [0, 0.1) is 17.8 Å². The maximum absolute atomic E-state index is 13.0. The van der Waals surface area contributed by atoms with E-state index >= 15 is 0 Å². The van der Waals surface area contributed by atoms with Gasteiger partial charge in [0.15, 0.2) is 5.82 Å². The van der Waals surface area contributed by atoms with E-state index in [-0.39, 0.29) is 22.1 Å². The Morgan fingerprint density at radius 2 is 1.81 bits per heavy atom. The molecule has 1 atom stereocenters. The predicted molar refractivity (Wildman–Crippen MR) is 169 cm³/mol. The average Bonchev–Trinajstić information content (AvgIpc) is 3.57. The second-order valence-electron chi connectivity index (χ2n) is 12.0. The van der Waals surface area contributed by atoms with Gasteiger partial charge in [-0.15, -0.1) is 13.2 Å². The molecule has 0 spiro atoms. The summed E-state index contributed by atoms with van der Waals surface area (Å²) < 4.78 is 65.1. The molecule has 1 aliphatic heterocycles. The zero-order chi connectivity index (χ0) is 33.3. The van der Waals surface area contributed by atoms with Gasteiger partial charge in [0.2, 0.25) is 0 Å². The van der Waals surface area contributed by atoms with Gasteiger partial charge in [-0.25, -0.2) is 23.4 Å². The summed E-state index contributed by atoms with van der Waals surface area (Å²) in [6.07, 6.45) is 6.18. The van der Waals surface area contributed by atoms with E-state index in [9.17, 15) is 21.6 Å². The molecule has 5 heterocycles. The van der Waals surface area contributed by atoms with Crippen LogP contribution < -0.4 is 16.0 Å². The molecule has 2 aliphatic rings. The lowest BCUT2D eigenvalue weighted by molar-refractivity contribution is -0.212. The van der Waals surface area contributed by atoms with Gasteiger partial charge in [0, 0.05) is 50.3 Å². The first kappa shape index (κ1) is 32.4. The van der Waals surface area contributed by atoms with E-state index in [0.29, 0.717) is 54.6 Å². The number of hydrogen-bond acceptors (Lipinski definition) is 11. The number of pyridine rings is 1. The van der Waals surface area contributed by atoms with Gasteiger partial charge < -0.3 is 20.9 Å². The Morgan fingerprint density at radius 3 is 2.49 bits per heavy atom. The molecule has 4 aromatic heterocycles. The number of nitrogens with two attached hydrogens (primary N) is 1. The molecule has 1 aliphatic carbocycles. The van der Waals surface area contributed by atoms with Gasteiger partial charge in [-0.1, -0.05) is 11.8 Å². The van der Waals surface area contributed by atoms with Gasteiger partial charge in [0.05, 0.1) is 46.2 Å². The fraction of sp³-hybridized carbons (Fsp3) is 0.433. The van der Waals surface area contributed by atoms with E-state index < -0.39 is 21.6 Å². The molecular weight excluding hydrogens is 635 g/mol. The highest BCUT2D eigenvalue weighted by atomic mass is 32.2. The summed E-state index contributed by atoms with van der Waals surface area (Å²) in [6, 6.07) is 3.52. The number of alkyl halides is 3. The molecule has 0 aromatic carbocycles. The van der Waals surface area contributed by atoms with Crippen LogP contribution in [0.2, 0.25) is 0 Å². The molecule has 13 nitrogen and oxygen atoms in total. The smallest absolute Gasteiger partial charge is 0.370 e. The lowest BCUT2D eigenvalue weighted by Crippen LogP contribution is -2.45. The van der Waals surface area contributed by atoms with Crippen LogP contribution in [-0.4, -0.2) is 92.3 Å². The largest absolute Gasteiger partial charge is 0.504 e. The topological polar surface area (TPSA) is 153 Å². The number of halogens is 3. The van der Waals surface area contributed by atoms with Gasteiger partial charge in [-0.2, -0.15) is 19.0 Å². The van der Waals surface area contributed by atoms with E-state index in [1.54, 1.807) is 18.5 Å². The number of rotatable bonds is 9. The first-order valence-corrected chi connectivity index (χ1v) is 16.6. The molecule has 6 rings (SSSR count). The van der Waals surface area contributed by atoms with Gasteiger partial charge in [-0.05, 0) is 51.8 Å². The quantitative estimate of drug-likeness (QED) is 0.253. The molecule has 0 radical (unpaired) electrons. The Kier molecular flexibility index (Phi) is 8.92. The third-order valence-electron chi connectivity index (χ3n) is 8.06. The van der Waals surface area contributed by atoms with Gasteiger partial charge in [0.1, 0.15) is 11.6 Å². The van der Waals surface area contributed by atoms with Crippen molar-refractivity contribution >= 4 is 27.3 Å². The monoisotopic (exact) mass is 669 g/mol. The van der Waals surface area contributed by atoms with Crippen LogP contribution in [0.3, 0.4) is 0 Å². The molecule has 0 bridgehead atoms. The van der Waals surface area contributed by atoms with Crippen molar-refractivity contribution in [2.24, 2.45) is 11.7 Å². The summed E-state index contributed by atoms with van der Waals surface area (Å²) in [4.78, 5) is 17.6. The van der Waals surface area contributed by atoms with Crippen molar-refractivity contribution in [1.82, 2.24) is 38.8 Å². The highest BCUT2D eigenvalue weighted by molar-refractivity contribution is 7.90. The lowest BCUT2D eigenvalue weighted by Gasteiger charge is -2.37. The van der Waals surface area contributed by atoms with E-state index in [2.05, 4.69) is 52.1 Å². The van der Waals surface area contributed by atoms with Crippen LogP contribution >= 0.6 is 0 Å². The second kappa shape index (κ2) is 12.9. The minimum Gasteiger partial charge on any atom is -0.370 e. The molecule has 0 amide bonds. The summed E-state index contributed by atoms with van der Waals surface area (Å²) in [6.45, 7) is 2.21. The number of aromatic nitrogens is 7. The highest BCUT2D eigenvalue weighted by Gasteiger charge is 2.38. The molecule has 1 saturated heterocycles. The van der Waals surface area contributed by atoms with E-state index in [0.717, 1.165) is 41.6 Å². The summed E-state index contributed by atoms with van der Waals surface area (Å²) in [5.74, 6) is 7.27. The summed E-state index contributed by atoms with van der Waals surface area (Å²) in [7, 11) is 0.466. The SMILES string of the molecule is CN(C)CC(N)C1CCN(c2cc(Nc3ccnc(-c4cnn(S(=O)(=O)C5CC5)c4)n3)ncc2C#Cc2cnn(C(F)(F)F)c2)CC1. The van der Waals surface area contributed by atoms with Crippen molar-refractivity contribution in [2.75, 3.05) is 43.9 Å². The van der Waals surface area contributed by atoms with E-state index in [4.69, 9.17) is 5.73 Å². The molecule has 4 aromatic rings. The van der Waals surface area contributed by atoms with E-state index in [1.165, 1.54) is 12.4 Å². The van der Waals surface area contributed by atoms with Gasteiger partial charge in [0.25, 0.3) is 10.0 Å². The van der Waals surface area contributed by atoms with Crippen LogP contribution in [-0.2, 0) is 16.3 Å². The normalized spacial score (nSPS) is 16.6. The Labute approximate surface area is 270 Å². The van der Waals surface area contributed by atoms with Crippen molar-refractivity contribution < 1.29 is 21.6 Å². The highest BCUT2D eigenvalue weighted by Crippen LogP contribution is 2.32. The zero-order valence-electron chi connectivity index (χ0n) is 25.8. The van der Waals surface area contributed by atoms with Gasteiger partial charge >= 0.3 is 6.30 Å². The minimum absolute atomic E-state index is 0.0409. The first-order valence-electron chi connectivity index (χ1n) is 15.1. The van der Waals surface area contributed by atoms with Gasteiger partial charge in [-0.3, -0.25) is 0 Å². The predicted octanol–water partition coefficient (Wildman–Crippen LogP) is 3.00. The molecule has 3 N–H and O–H groups in total. The average molecular weight is 670 g/mol. The van der Waals surface area contributed by atoms with Crippen molar-refractivity contribution in [2.45, 2.75) is 43.3 Å². The Morgan fingerprint density at radius 1 is 1.04 bits per heavy atom. The number of nitrogens with one attached hydrogen (secondary N) is 1. The molecular formula is C30H34F3N11O2S. The standard InChI is InChI=1S/C30H34F3N11O2S/c1-41(2)19-25(34)21-8-11-42(12-9-21)26-13-28(36-15-22(26)4-3-20-14-37-43(17-20)30(31,32)33)39-27-7-10-35-29(40-27)23-16-38-44(18-23)47(45,46)24-5-6-24/h7,10,13-18,21,24-25H,5-6,8-9,11-12,19,34H2,1-2H3,(H,35,36,39,40). The van der Waals surface area contributed by atoms with Crippen molar-refractivity contribution in [1.29, 1.82) is 0 Å². The molecule has 2 fully saturated rings. The summed E-state index contributed by atoms with van der Waals surface area (Å²) in [5.41, 5.74) is 8.34. The fourth-order valence-corrected chi connectivity index (χ4v) is 6.93. The lowest BCUT2D eigenvalue weighted by atomic mass is 9.89. The summed E-state index contributed by atoms with van der Waals surface area (Å²) >= 11 is 0. The minimum atomic E-state index is -4.63. The molecule has 1 saturated carbocycles. The molecule has 17 heteroatoms. The fourth-order valence-electron chi connectivity index (χ4n) is 5.45. The van der Waals surface area contributed by atoms with Crippen molar-refractivity contribution in [3.63, 3.8) is 0 Å². The van der Waals surface area contributed by atoms with Crippen molar-refractivity contribution in [3.8, 4) is 23.2 Å². The maximum Gasteiger partial charge on any atom is 0.504 e. The van der Waals surface area contributed by atoms with Crippen LogP contribution in [0.25, 0.3) is 11.4 Å². The maximum atomic E-state index is 13.0. The second-order valence-corrected chi connectivity index (χ2v) is 14.0. The van der Waals surface area contributed by atoms with Crippen LogP contribution in [0.1, 0.15) is 36.8 Å². The third-order valence-corrected chi connectivity index (χ3v) is 10.1. The zero-order valence-corrected chi connectivity index (χ0v) is 26.6. The molecule has 1 unspecified atom stereocenters. The molecule has 248 valence electrons. The van der Waals surface area contributed by atoms with Crippen LogP contribution in [0.4, 0.5) is 30.5 Å². The summed E-state index contributed by atoms with van der Waals surface area (Å²) in [5, 5.41) is 10.2. The number of likely N-dealkylation sites (N-methyl/N-ethyl adjacent to an activating group) is 1. The Balaban J connectivity index is 1.25. The van der Waals surface area contributed by atoms with Crippen LogP contribution in [0.15, 0.2) is 49.3 Å². The van der Waals surface area contributed by atoms with Crippen molar-refractivity contribution in [3.05, 3.63) is 60.4 Å². The van der Waals surface area contributed by atoms with Crippen LogP contribution in [0.5, 0.6) is 0 Å². The number of piperidine rings is 1. The number of anilines is 3. The Bertz CT molecular complexity index is 1900. The Hall–Kier alpha value is -4.53.